The minimum Gasteiger partial charge on any atom is -0.490 e. The molecule has 0 aliphatic heterocycles. The van der Waals surface area contributed by atoms with Gasteiger partial charge >= 0.3 is 11.9 Å². The third-order valence-electron chi connectivity index (χ3n) is 8.45. The Hall–Kier alpha value is -3.01. The van der Waals surface area contributed by atoms with Gasteiger partial charge in [-0.1, -0.05) is 35.9 Å². The van der Waals surface area contributed by atoms with Gasteiger partial charge in [-0.3, -0.25) is 0 Å². The molecule has 1 saturated carbocycles. The van der Waals surface area contributed by atoms with E-state index < -0.39 is 11.4 Å². The Morgan fingerprint density at radius 3 is 2.60 bits per heavy atom. The minimum atomic E-state index is -0.541. The normalized spacial score (nSPS) is 21.1. The fourth-order valence-electron chi connectivity index (χ4n) is 5.88. The second-order valence-electron chi connectivity index (χ2n) is 11.0. The predicted octanol–water partition coefficient (Wildman–Crippen LogP) is 6.55. The van der Waals surface area contributed by atoms with Crippen molar-refractivity contribution in [2.75, 3.05) is 33.4 Å². The van der Waals surface area contributed by atoms with Crippen molar-refractivity contribution in [1.29, 1.82) is 0 Å². The van der Waals surface area contributed by atoms with Gasteiger partial charge in [0.15, 0.2) is 5.75 Å². The van der Waals surface area contributed by atoms with Crippen LogP contribution in [0.25, 0.3) is 0 Å². The first-order valence-electron chi connectivity index (χ1n) is 14.1. The monoisotopic (exact) mass is 658 g/mol. The number of esters is 2. The fourth-order valence-corrected chi connectivity index (χ4v) is 6.50. The maximum Gasteiger partial charge on any atom is 0.356 e. The van der Waals surface area contributed by atoms with Crippen LogP contribution >= 0.6 is 27.5 Å². The molecule has 1 N–H and O–H groups in total. The topological polar surface area (TPSA) is 86.8 Å². The average Bonchev–Trinajstić information content (AvgIpc) is 3.00. The lowest BCUT2D eigenvalue weighted by molar-refractivity contribution is 0.0233. The van der Waals surface area contributed by atoms with Crippen LogP contribution in [0, 0.1) is 17.7 Å². The van der Waals surface area contributed by atoms with Crippen LogP contribution < -0.4 is 10.1 Å². The molecule has 10 heteroatoms. The van der Waals surface area contributed by atoms with Gasteiger partial charge in [0.25, 0.3) is 0 Å². The SMILES string of the molecule is COC(=O)c1ccc(OCC2(CNC[C@@H]3CC[C@H]3COC(=O)c3ccccc3)CCCc3c2ccc(Cl)c3F)c(Br)n1. The third kappa shape index (κ3) is 6.63. The third-order valence-corrected chi connectivity index (χ3v) is 9.31. The number of rotatable bonds is 11. The molecule has 2 aromatic carbocycles. The lowest BCUT2D eigenvalue weighted by Gasteiger charge is -2.41. The van der Waals surface area contributed by atoms with Crippen molar-refractivity contribution < 1.29 is 28.2 Å². The van der Waals surface area contributed by atoms with Crippen molar-refractivity contribution in [3.63, 3.8) is 0 Å². The van der Waals surface area contributed by atoms with Crippen molar-refractivity contribution in [2.45, 2.75) is 37.5 Å². The number of nitrogens with one attached hydrogen (secondary N) is 1. The zero-order chi connectivity index (χ0) is 29.7. The molecular weight excluding hydrogens is 627 g/mol. The van der Waals surface area contributed by atoms with Gasteiger partial charge in [0, 0.05) is 12.0 Å². The number of hydrogen-bond donors (Lipinski definition) is 1. The standard InChI is InChI=1S/C32H33BrClFN2O5/c1-40-31(39)26-13-14-27(29(33)37-26)42-19-32(15-5-8-23-24(32)11-12-25(34)28(23)35)18-36-16-21-9-10-22(21)17-41-30(38)20-6-3-2-4-7-20/h2-4,6-7,11-14,21-22,36H,5,8-10,15-19H2,1H3/t21-,22-,32?/m0/s1. The summed E-state index contributed by atoms with van der Waals surface area (Å²) in [5.74, 6) is -0.0697. The molecule has 1 fully saturated rings. The minimum absolute atomic E-state index is 0.117. The summed E-state index contributed by atoms with van der Waals surface area (Å²) in [5, 5.41) is 3.76. The Bertz CT molecular complexity index is 1440. The summed E-state index contributed by atoms with van der Waals surface area (Å²) in [6, 6.07) is 15.8. The van der Waals surface area contributed by atoms with Gasteiger partial charge in [-0.15, -0.1) is 0 Å². The zero-order valence-electron chi connectivity index (χ0n) is 23.3. The number of halogens is 3. The van der Waals surface area contributed by atoms with Crippen LogP contribution in [-0.2, 0) is 21.3 Å². The summed E-state index contributed by atoms with van der Waals surface area (Å²) in [4.78, 5) is 28.5. The van der Waals surface area contributed by atoms with Crippen molar-refractivity contribution in [3.05, 3.63) is 92.4 Å². The van der Waals surface area contributed by atoms with Gasteiger partial charge in [-0.2, -0.15) is 0 Å². The maximum atomic E-state index is 15.1. The molecule has 2 aliphatic rings. The van der Waals surface area contributed by atoms with Gasteiger partial charge in [0.05, 0.1) is 30.9 Å². The van der Waals surface area contributed by atoms with Crippen molar-refractivity contribution in [1.82, 2.24) is 10.3 Å². The first-order chi connectivity index (χ1) is 20.3. The first kappa shape index (κ1) is 30.4. The van der Waals surface area contributed by atoms with Crippen LogP contribution in [0.3, 0.4) is 0 Å². The van der Waals surface area contributed by atoms with Crippen LogP contribution in [0.1, 0.15) is 57.7 Å². The molecule has 2 aliphatic carbocycles. The highest BCUT2D eigenvalue weighted by molar-refractivity contribution is 9.10. The fraction of sp³-hybridized carbons (Fsp3) is 0.406. The second kappa shape index (κ2) is 13.5. The van der Waals surface area contributed by atoms with Crippen molar-refractivity contribution in [2.24, 2.45) is 11.8 Å². The summed E-state index contributed by atoms with van der Waals surface area (Å²) >= 11 is 9.56. The number of carbonyl (C=O) groups is 2. The smallest absolute Gasteiger partial charge is 0.356 e. The molecule has 1 aromatic heterocycles. The highest BCUT2D eigenvalue weighted by atomic mass is 79.9. The number of carbonyl (C=O) groups excluding carboxylic acids is 2. The van der Waals surface area contributed by atoms with Crippen molar-refractivity contribution >= 4 is 39.5 Å². The molecule has 3 atom stereocenters. The molecule has 0 spiro atoms. The van der Waals surface area contributed by atoms with Crippen LogP contribution in [-0.4, -0.2) is 50.3 Å². The molecule has 0 saturated heterocycles. The van der Waals surface area contributed by atoms with E-state index in [1.54, 1.807) is 30.3 Å². The number of methoxy groups -OCH3 is 1. The lowest BCUT2D eigenvalue weighted by Crippen LogP contribution is -2.48. The highest BCUT2D eigenvalue weighted by Gasteiger charge is 2.40. The number of nitrogens with zero attached hydrogens (tertiary/aromatic N) is 1. The van der Waals surface area contributed by atoms with Crippen LogP contribution in [0.4, 0.5) is 4.39 Å². The summed E-state index contributed by atoms with van der Waals surface area (Å²) in [6.45, 7) is 1.98. The number of benzene rings is 2. The van der Waals surface area contributed by atoms with Crippen LogP contribution in [0.2, 0.25) is 5.02 Å². The van der Waals surface area contributed by atoms with E-state index in [0.717, 1.165) is 37.8 Å². The largest absolute Gasteiger partial charge is 0.490 e. The number of fused-ring (bicyclic) bond motifs is 1. The van der Waals surface area contributed by atoms with Gasteiger partial charge < -0.3 is 19.5 Å². The highest BCUT2D eigenvalue weighted by Crippen LogP contribution is 2.41. The van der Waals surface area contributed by atoms with E-state index in [2.05, 4.69) is 26.2 Å². The number of hydrogen-bond acceptors (Lipinski definition) is 7. The molecule has 3 aromatic rings. The zero-order valence-corrected chi connectivity index (χ0v) is 25.7. The molecule has 0 bridgehead atoms. The van der Waals surface area contributed by atoms with Crippen LogP contribution in [0.15, 0.2) is 59.2 Å². The summed E-state index contributed by atoms with van der Waals surface area (Å²) in [5.41, 5.74) is 1.72. The molecule has 0 amide bonds. The maximum absolute atomic E-state index is 15.1. The Kier molecular flexibility index (Phi) is 9.81. The van der Waals surface area contributed by atoms with Crippen LogP contribution in [0.5, 0.6) is 5.75 Å². The average molecular weight is 660 g/mol. The quantitative estimate of drug-likeness (QED) is 0.185. The van der Waals surface area contributed by atoms with E-state index >= 15 is 4.39 Å². The summed E-state index contributed by atoms with van der Waals surface area (Å²) in [7, 11) is 1.30. The molecule has 5 rings (SSSR count). The predicted molar refractivity (Wildman–Crippen MR) is 161 cm³/mol. The lowest BCUT2D eigenvalue weighted by atomic mass is 9.69. The van der Waals surface area contributed by atoms with Gasteiger partial charge in [-0.25, -0.2) is 19.0 Å². The first-order valence-corrected chi connectivity index (χ1v) is 15.3. The molecule has 222 valence electrons. The van der Waals surface area contributed by atoms with Crippen molar-refractivity contribution in [3.8, 4) is 5.75 Å². The molecular formula is C32H33BrClFN2O5. The van der Waals surface area contributed by atoms with Gasteiger partial charge in [0.2, 0.25) is 0 Å². The van der Waals surface area contributed by atoms with E-state index in [4.69, 9.17) is 25.8 Å². The van der Waals surface area contributed by atoms with Gasteiger partial charge in [-0.05, 0) is 108 Å². The Labute approximate surface area is 258 Å². The van der Waals surface area contributed by atoms with E-state index in [1.807, 2.05) is 24.3 Å². The number of aromatic nitrogens is 1. The molecule has 0 radical (unpaired) electrons. The Morgan fingerprint density at radius 2 is 1.88 bits per heavy atom. The molecule has 1 unspecified atom stereocenters. The molecule has 1 heterocycles. The Balaban J connectivity index is 1.26. The molecule has 42 heavy (non-hydrogen) atoms. The van der Waals surface area contributed by atoms with E-state index in [0.29, 0.717) is 52.9 Å². The summed E-state index contributed by atoms with van der Waals surface area (Å²) in [6.07, 6.45) is 4.26. The number of ether oxygens (including phenoxy) is 3. The second-order valence-corrected chi connectivity index (χ2v) is 12.1. The van der Waals surface area contributed by atoms with E-state index in [9.17, 15) is 9.59 Å². The van der Waals surface area contributed by atoms with Gasteiger partial charge in [0.1, 0.15) is 16.1 Å². The van der Waals surface area contributed by atoms with E-state index in [1.165, 1.54) is 7.11 Å². The summed E-state index contributed by atoms with van der Waals surface area (Å²) < 4.78 is 32.2. The number of pyridine rings is 1. The van der Waals surface area contributed by atoms with E-state index in [-0.39, 0.29) is 29.1 Å². The molecule has 7 nitrogen and oxygen atoms in total. The Morgan fingerprint density at radius 1 is 1.10 bits per heavy atom.